The van der Waals surface area contributed by atoms with Gasteiger partial charge in [0.1, 0.15) is 0 Å². The van der Waals surface area contributed by atoms with Gasteiger partial charge in [-0.2, -0.15) is 0 Å². The van der Waals surface area contributed by atoms with Gasteiger partial charge >= 0.3 is 5.97 Å². The first-order valence-corrected chi connectivity index (χ1v) is 10.1. The molecule has 0 atom stereocenters. The Hall–Kier alpha value is -1.71. The number of hydrogen-bond acceptors (Lipinski definition) is 5. The minimum absolute atomic E-state index is 0. The molecule has 0 heterocycles. The highest BCUT2D eigenvalue weighted by atomic mass is 127. The molecule has 2 N–H and O–H groups in total. The van der Waals surface area contributed by atoms with E-state index in [-0.39, 0.29) is 36.0 Å². The number of nitrogens with one attached hydrogen (secondary N) is 2. The van der Waals surface area contributed by atoms with E-state index in [0.717, 1.165) is 29.9 Å². The van der Waals surface area contributed by atoms with Crippen molar-refractivity contribution < 1.29 is 19.0 Å². The topological polar surface area (TPSA) is 81.2 Å². The second-order valence-corrected chi connectivity index (χ2v) is 6.73. The molecule has 0 amide bonds. The monoisotopic (exact) mass is 519 g/mol. The Bertz CT molecular complexity index is 649. The van der Waals surface area contributed by atoms with E-state index in [9.17, 15) is 4.79 Å². The van der Waals surface area contributed by atoms with Gasteiger partial charge in [0, 0.05) is 32.1 Å². The summed E-state index contributed by atoms with van der Waals surface area (Å²) in [7, 11) is 3.39. The molecule has 7 nitrogen and oxygen atoms in total. The number of guanidine groups is 1. The van der Waals surface area contributed by atoms with Gasteiger partial charge < -0.3 is 24.8 Å². The van der Waals surface area contributed by atoms with Crippen LogP contribution in [0.2, 0.25) is 0 Å². The number of para-hydroxylation sites is 1. The molecule has 2 rings (SSSR count). The molecular formula is C21H34IN3O4. The summed E-state index contributed by atoms with van der Waals surface area (Å²) in [6.07, 6.45) is 5.96. The molecular weight excluding hydrogens is 485 g/mol. The number of carbonyl (C=O) groups excluding carboxylic acids is 1. The smallest absolute Gasteiger partial charge is 0.305 e. The molecule has 0 bridgehead atoms. The van der Waals surface area contributed by atoms with Crippen molar-refractivity contribution in [2.24, 2.45) is 4.99 Å². The molecule has 0 saturated heterocycles. The van der Waals surface area contributed by atoms with Crippen molar-refractivity contribution in [1.29, 1.82) is 0 Å². The molecule has 8 heteroatoms. The van der Waals surface area contributed by atoms with Crippen LogP contribution in [0.5, 0.6) is 11.5 Å². The molecule has 164 valence electrons. The predicted octanol–water partition coefficient (Wildman–Crippen LogP) is 3.64. The average Bonchev–Trinajstić information content (AvgIpc) is 3.21. The van der Waals surface area contributed by atoms with Crippen LogP contribution in [0.4, 0.5) is 0 Å². The SMILES string of the molecule is CCOC(=O)CCCNC(=NC)NCc1cccc(OC)c1OC1CCCC1.I. The van der Waals surface area contributed by atoms with Crippen LogP contribution in [-0.2, 0) is 16.1 Å². The summed E-state index contributed by atoms with van der Waals surface area (Å²) in [5.74, 6) is 2.07. The Labute approximate surface area is 191 Å². The van der Waals surface area contributed by atoms with Crippen molar-refractivity contribution in [3.05, 3.63) is 23.8 Å². The maximum Gasteiger partial charge on any atom is 0.305 e. The van der Waals surface area contributed by atoms with Crippen LogP contribution >= 0.6 is 24.0 Å². The van der Waals surface area contributed by atoms with Gasteiger partial charge in [0.25, 0.3) is 0 Å². The molecule has 1 aliphatic rings. The number of nitrogens with zero attached hydrogens (tertiary/aromatic N) is 1. The summed E-state index contributed by atoms with van der Waals surface area (Å²) >= 11 is 0. The van der Waals surface area contributed by atoms with Crippen molar-refractivity contribution >= 4 is 35.9 Å². The van der Waals surface area contributed by atoms with Gasteiger partial charge in [-0.25, -0.2) is 0 Å². The zero-order chi connectivity index (χ0) is 20.2. The highest BCUT2D eigenvalue weighted by molar-refractivity contribution is 14.0. The average molecular weight is 519 g/mol. The molecule has 0 aromatic heterocycles. The maximum absolute atomic E-state index is 11.4. The predicted molar refractivity (Wildman–Crippen MR) is 125 cm³/mol. The Morgan fingerprint density at radius 3 is 2.66 bits per heavy atom. The van der Waals surface area contributed by atoms with Crippen LogP contribution < -0.4 is 20.1 Å². The Balaban J connectivity index is 0.00000420. The van der Waals surface area contributed by atoms with Gasteiger partial charge in [-0.1, -0.05) is 12.1 Å². The molecule has 1 aliphatic carbocycles. The molecule has 0 spiro atoms. The van der Waals surface area contributed by atoms with Gasteiger partial charge in [0.05, 0.1) is 19.8 Å². The fourth-order valence-electron chi connectivity index (χ4n) is 3.24. The van der Waals surface area contributed by atoms with E-state index in [4.69, 9.17) is 14.2 Å². The second kappa shape index (κ2) is 14.3. The lowest BCUT2D eigenvalue weighted by Crippen LogP contribution is -2.37. The van der Waals surface area contributed by atoms with Crippen LogP contribution in [0.25, 0.3) is 0 Å². The standard InChI is InChI=1S/C21H33N3O4.HI/c1-4-27-19(25)13-8-14-23-21(22-2)24-15-16-9-7-12-18(26-3)20(16)28-17-10-5-6-11-17;/h7,9,12,17H,4-6,8,10-11,13-15H2,1-3H3,(H2,22,23,24);1H. The van der Waals surface area contributed by atoms with Crippen LogP contribution in [0.1, 0.15) is 51.0 Å². The lowest BCUT2D eigenvalue weighted by Gasteiger charge is -2.20. The maximum atomic E-state index is 11.4. The van der Waals surface area contributed by atoms with Crippen molar-refractivity contribution in [2.45, 2.75) is 58.1 Å². The van der Waals surface area contributed by atoms with E-state index in [1.54, 1.807) is 14.2 Å². The lowest BCUT2D eigenvalue weighted by molar-refractivity contribution is -0.143. The molecule has 1 aromatic carbocycles. The molecule has 1 aromatic rings. The van der Waals surface area contributed by atoms with E-state index in [2.05, 4.69) is 15.6 Å². The number of carbonyl (C=O) groups is 1. The zero-order valence-electron chi connectivity index (χ0n) is 17.7. The summed E-state index contributed by atoms with van der Waals surface area (Å²) in [6.45, 7) is 3.44. The summed E-state index contributed by atoms with van der Waals surface area (Å²) < 4.78 is 16.7. The first-order valence-electron chi connectivity index (χ1n) is 10.1. The van der Waals surface area contributed by atoms with Crippen molar-refractivity contribution in [3.63, 3.8) is 0 Å². The number of rotatable bonds is 10. The van der Waals surface area contributed by atoms with Crippen LogP contribution in [-0.4, -0.2) is 45.3 Å². The summed E-state index contributed by atoms with van der Waals surface area (Å²) in [5.41, 5.74) is 1.03. The normalized spacial score (nSPS) is 14.1. The minimum atomic E-state index is -0.169. The van der Waals surface area contributed by atoms with Crippen LogP contribution in [0.15, 0.2) is 23.2 Å². The molecule has 29 heavy (non-hydrogen) atoms. The third-order valence-corrected chi connectivity index (χ3v) is 4.69. The van der Waals surface area contributed by atoms with Crippen LogP contribution in [0.3, 0.4) is 0 Å². The van der Waals surface area contributed by atoms with Gasteiger partial charge in [-0.15, -0.1) is 24.0 Å². The highest BCUT2D eigenvalue weighted by Gasteiger charge is 2.20. The Morgan fingerprint density at radius 2 is 2.00 bits per heavy atom. The van der Waals surface area contributed by atoms with Gasteiger partial charge in [-0.3, -0.25) is 9.79 Å². The number of esters is 1. The van der Waals surface area contributed by atoms with E-state index in [1.807, 2.05) is 25.1 Å². The zero-order valence-corrected chi connectivity index (χ0v) is 20.0. The molecule has 0 aliphatic heterocycles. The van der Waals surface area contributed by atoms with E-state index < -0.39 is 0 Å². The molecule has 1 saturated carbocycles. The number of methoxy groups -OCH3 is 1. The minimum Gasteiger partial charge on any atom is -0.493 e. The second-order valence-electron chi connectivity index (χ2n) is 6.73. The first-order chi connectivity index (χ1) is 13.7. The van der Waals surface area contributed by atoms with Gasteiger partial charge in [0.2, 0.25) is 0 Å². The number of aliphatic imine (C=N–C) groups is 1. The fourth-order valence-corrected chi connectivity index (χ4v) is 3.24. The van der Waals surface area contributed by atoms with E-state index in [1.165, 1.54) is 12.8 Å². The van der Waals surface area contributed by atoms with Crippen molar-refractivity contribution in [2.75, 3.05) is 27.3 Å². The molecule has 0 radical (unpaired) electrons. The van der Waals surface area contributed by atoms with Gasteiger partial charge in [-0.05, 0) is 45.1 Å². The number of halogens is 1. The quantitative estimate of drug-likeness (QED) is 0.162. The number of benzene rings is 1. The van der Waals surface area contributed by atoms with E-state index in [0.29, 0.717) is 38.5 Å². The van der Waals surface area contributed by atoms with Crippen LogP contribution in [0, 0.1) is 0 Å². The third-order valence-electron chi connectivity index (χ3n) is 4.69. The lowest BCUT2D eigenvalue weighted by atomic mass is 10.1. The summed E-state index contributed by atoms with van der Waals surface area (Å²) in [5, 5.41) is 6.52. The Morgan fingerprint density at radius 1 is 1.24 bits per heavy atom. The molecule has 1 fully saturated rings. The number of hydrogen-bond donors (Lipinski definition) is 2. The Kier molecular flexibility index (Phi) is 12.5. The fraction of sp³-hybridized carbons (Fsp3) is 0.619. The highest BCUT2D eigenvalue weighted by Crippen LogP contribution is 2.34. The first kappa shape index (κ1) is 25.3. The third kappa shape index (κ3) is 8.67. The largest absolute Gasteiger partial charge is 0.493 e. The number of ether oxygens (including phenoxy) is 3. The summed E-state index contributed by atoms with van der Waals surface area (Å²) in [6, 6.07) is 5.93. The van der Waals surface area contributed by atoms with Gasteiger partial charge in [0.15, 0.2) is 17.5 Å². The van der Waals surface area contributed by atoms with Crippen molar-refractivity contribution in [3.8, 4) is 11.5 Å². The van der Waals surface area contributed by atoms with Crippen molar-refractivity contribution in [1.82, 2.24) is 10.6 Å². The molecule has 0 unspecified atom stereocenters. The van der Waals surface area contributed by atoms with E-state index >= 15 is 0 Å². The summed E-state index contributed by atoms with van der Waals surface area (Å²) in [4.78, 5) is 15.6.